The number of hydrogen-bond donors (Lipinski definition) is 1. The molecule has 1 aromatic heterocycles. The maximum Gasteiger partial charge on any atom is 0.223 e. The van der Waals surface area contributed by atoms with Gasteiger partial charge in [-0.05, 0) is 25.0 Å². The lowest BCUT2D eigenvalue weighted by atomic mass is 9.85. The Morgan fingerprint density at radius 2 is 2.25 bits per heavy atom. The van der Waals surface area contributed by atoms with E-state index in [4.69, 9.17) is 4.42 Å². The van der Waals surface area contributed by atoms with Crippen LogP contribution in [-0.4, -0.2) is 41.9 Å². The van der Waals surface area contributed by atoms with Crippen molar-refractivity contribution in [1.82, 2.24) is 10.2 Å². The van der Waals surface area contributed by atoms with Gasteiger partial charge in [0.1, 0.15) is 5.76 Å². The summed E-state index contributed by atoms with van der Waals surface area (Å²) in [6.45, 7) is 2.79. The fourth-order valence-corrected chi connectivity index (χ4v) is 3.72. The van der Waals surface area contributed by atoms with Gasteiger partial charge in [0.05, 0.1) is 12.3 Å². The van der Waals surface area contributed by atoms with Crippen LogP contribution in [0.2, 0.25) is 0 Å². The Hall–Kier alpha value is -0.940. The molecule has 0 spiro atoms. The summed E-state index contributed by atoms with van der Waals surface area (Å²) in [5, 5.41) is 3.12. The maximum absolute atomic E-state index is 12.0. The molecule has 20 heavy (non-hydrogen) atoms. The lowest BCUT2D eigenvalue weighted by molar-refractivity contribution is -0.127. The maximum atomic E-state index is 12.0. The van der Waals surface area contributed by atoms with Crippen molar-refractivity contribution in [2.45, 2.75) is 25.3 Å². The average molecular weight is 294 g/mol. The summed E-state index contributed by atoms with van der Waals surface area (Å²) in [7, 11) is 0. The van der Waals surface area contributed by atoms with Crippen molar-refractivity contribution in [3.8, 4) is 0 Å². The quantitative estimate of drug-likeness (QED) is 0.905. The first-order chi connectivity index (χ1) is 9.84. The predicted molar refractivity (Wildman–Crippen MR) is 80.7 cm³/mol. The molecule has 0 unspecified atom stereocenters. The Kier molecular flexibility index (Phi) is 4.68. The largest absolute Gasteiger partial charge is 0.468 e. The Morgan fingerprint density at radius 1 is 1.45 bits per heavy atom. The molecule has 2 aliphatic rings. The molecule has 5 heteroatoms. The van der Waals surface area contributed by atoms with Crippen LogP contribution in [0.3, 0.4) is 0 Å². The van der Waals surface area contributed by atoms with E-state index in [1.807, 2.05) is 23.9 Å². The van der Waals surface area contributed by atoms with Gasteiger partial charge in [-0.2, -0.15) is 11.8 Å². The van der Waals surface area contributed by atoms with Gasteiger partial charge in [0, 0.05) is 37.1 Å². The Bertz CT molecular complexity index is 425. The summed E-state index contributed by atoms with van der Waals surface area (Å²) in [5.74, 6) is 3.76. The number of furan rings is 1. The molecule has 0 radical (unpaired) electrons. The zero-order valence-electron chi connectivity index (χ0n) is 11.7. The first-order valence-electron chi connectivity index (χ1n) is 7.47. The Morgan fingerprint density at radius 3 is 2.85 bits per heavy atom. The van der Waals surface area contributed by atoms with E-state index in [0.29, 0.717) is 6.54 Å². The van der Waals surface area contributed by atoms with Crippen LogP contribution in [0.4, 0.5) is 0 Å². The molecule has 1 atom stereocenters. The highest BCUT2D eigenvalue weighted by Crippen LogP contribution is 2.27. The minimum atomic E-state index is 0.176. The number of carbonyl (C=O) groups excluding carboxylic acids is 1. The molecule has 2 fully saturated rings. The third-order valence-electron chi connectivity index (χ3n) is 4.30. The van der Waals surface area contributed by atoms with Crippen LogP contribution in [0.5, 0.6) is 0 Å². The molecule has 1 N–H and O–H groups in total. The number of hydrogen-bond acceptors (Lipinski definition) is 4. The van der Waals surface area contributed by atoms with Crippen LogP contribution >= 0.6 is 11.8 Å². The van der Waals surface area contributed by atoms with Crippen molar-refractivity contribution in [2.24, 2.45) is 5.92 Å². The molecule has 1 aromatic rings. The van der Waals surface area contributed by atoms with Gasteiger partial charge in [-0.15, -0.1) is 0 Å². The molecule has 1 saturated heterocycles. The van der Waals surface area contributed by atoms with Crippen molar-refractivity contribution in [2.75, 3.05) is 31.1 Å². The zero-order valence-corrected chi connectivity index (χ0v) is 12.5. The topological polar surface area (TPSA) is 45.5 Å². The summed E-state index contributed by atoms with van der Waals surface area (Å²) >= 11 is 2.00. The normalized spacial score (nSPS) is 22.2. The number of amides is 1. The van der Waals surface area contributed by atoms with Gasteiger partial charge in [0.2, 0.25) is 5.91 Å². The second kappa shape index (κ2) is 6.68. The van der Waals surface area contributed by atoms with Crippen LogP contribution in [-0.2, 0) is 4.79 Å². The second-order valence-corrected chi connectivity index (χ2v) is 6.78. The SMILES string of the molecule is O=C(NC[C@H](c1ccco1)N1CCSCC1)C1CCC1. The highest BCUT2D eigenvalue weighted by Gasteiger charge is 2.28. The lowest BCUT2D eigenvalue weighted by Gasteiger charge is -2.34. The smallest absolute Gasteiger partial charge is 0.223 e. The second-order valence-electron chi connectivity index (χ2n) is 5.55. The first kappa shape index (κ1) is 14.0. The predicted octanol–water partition coefficient (Wildman–Crippen LogP) is 2.29. The number of rotatable bonds is 5. The van der Waals surface area contributed by atoms with Crippen LogP contribution in [0.25, 0.3) is 0 Å². The van der Waals surface area contributed by atoms with E-state index in [2.05, 4.69) is 10.2 Å². The van der Waals surface area contributed by atoms with E-state index < -0.39 is 0 Å². The molecule has 0 bridgehead atoms. The molecule has 2 heterocycles. The molecular weight excluding hydrogens is 272 g/mol. The van der Waals surface area contributed by atoms with Gasteiger partial charge < -0.3 is 9.73 Å². The van der Waals surface area contributed by atoms with Crippen LogP contribution in [0.1, 0.15) is 31.1 Å². The minimum Gasteiger partial charge on any atom is -0.468 e. The van der Waals surface area contributed by atoms with Gasteiger partial charge in [-0.1, -0.05) is 6.42 Å². The van der Waals surface area contributed by atoms with E-state index >= 15 is 0 Å². The summed E-state index contributed by atoms with van der Waals surface area (Å²) < 4.78 is 5.58. The van der Waals surface area contributed by atoms with Crippen molar-refractivity contribution >= 4 is 17.7 Å². The molecule has 110 valence electrons. The van der Waals surface area contributed by atoms with E-state index in [0.717, 1.165) is 43.2 Å². The first-order valence-corrected chi connectivity index (χ1v) is 8.63. The Balaban J connectivity index is 1.61. The van der Waals surface area contributed by atoms with Gasteiger partial charge in [-0.3, -0.25) is 9.69 Å². The fraction of sp³-hybridized carbons (Fsp3) is 0.667. The molecule has 1 amide bonds. The Labute approximate surface area is 124 Å². The van der Waals surface area contributed by atoms with E-state index in [1.54, 1.807) is 6.26 Å². The van der Waals surface area contributed by atoms with E-state index in [9.17, 15) is 4.79 Å². The number of nitrogens with zero attached hydrogens (tertiary/aromatic N) is 1. The molecule has 4 nitrogen and oxygen atoms in total. The van der Waals surface area contributed by atoms with Crippen molar-refractivity contribution in [3.05, 3.63) is 24.2 Å². The molecule has 3 rings (SSSR count). The number of thioether (sulfide) groups is 1. The molecule has 0 aromatic carbocycles. The third kappa shape index (κ3) is 3.20. The lowest BCUT2D eigenvalue weighted by Crippen LogP contribution is -2.43. The van der Waals surface area contributed by atoms with Crippen molar-refractivity contribution in [1.29, 1.82) is 0 Å². The highest BCUT2D eigenvalue weighted by atomic mass is 32.2. The van der Waals surface area contributed by atoms with Gasteiger partial charge in [-0.25, -0.2) is 0 Å². The standard InChI is InChI=1S/C15H22N2O2S/c18-15(12-3-1-4-12)16-11-13(14-5-2-8-19-14)17-6-9-20-10-7-17/h2,5,8,12-13H,1,3-4,6-7,9-11H2,(H,16,18)/t13-/m1/s1. The molecular formula is C15H22N2O2S. The zero-order chi connectivity index (χ0) is 13.8. The van der Waals surface area contributed by atoms with Crippen molar-refractivity contribution in [3.63, 3.8) is 0 Å². The minimum absolute atomic E-state index is 0.176. The molecule has 1 saturated carbocycles. The van der Waals surface area contributed by atoms with Gasteiger partial charge >= 0.3 is 0 Å². The van der Waals surface area contributed by atoms with Gasteiger partial charge in [0.15, 0.2) is 0 Å². The third-order valence-corrected chi connectivity index (χ3v) is 5.25. The summed E-state index contributed by atoms with van der Waals surface area (Å²) in [6.07, 6.45) is 5.02. The van der Waals surface area contributed by atoms with Gasteiger partial charge in [0.25, 0.3) is 0 Å². The number of nitrogens with one attached hydrogen (secondary N) is 1. The molecule has 1 aliphatic heterocycles. The van der Waals surface area contributed by atoms with E-state index in [1.165, 1.54) is 6.42 Å². The molecule has 1 aliphatic carbocycles. The monoisotopic (exact) mass is 294 g/mol. The summed E-state index contributed by atoms with van der Waals surface area (Å²) in [6, 6.07) is 4.12. The summed E-state index contributed by atoms with van der Waals surface area (Å²) in [4.78, 5) is 14.4. The van der Waals surface area contributed by atoms with E-state index in [-0.39, 0.29) is 17.9 Å². The average Bonchev–Trinajstić information content (AvgIpc) is 2.92. The number of carbonyl (C=O) groups is 1. The van der Waals surface area contributed by atoms with Crippen molar-refractivity contribution < 1.29 is 9.21 Å². The van der Waals surface area contributed by atoms with Crippen LogP contribution in [0, 0.1) is 5.92 Å². The highest BCUT2D eigenvalue weighted by molar-refractivity contribution is 7.99. The summed E-state index contributed by atoms with van der Waals surface area (Å²) in [5.41, 5.74) is 0. The van der Waals surface area contributed by atoms with Crippen LogP contribution < -0.4 is 5.32 Å². The van der Waals surface area contributed by atoms with Crippen LogP contribution in [0.15, 0.2) is 22.8 Å². The fourth-order valence-electron chi connectivity index (χ4n) is 2.79.